The Bertz CT molecular complexity index is 560. The van der Waals surface area contributed by atoms with Gasteiger partial charge in [0.25, 0.3) is 11.8 Å². The number of hydrogen-bond donors (Lipinski definition) is 2. The molecule has 0 spiro atoms. The molecule has 1 aromatic carbocycles. The largest absolute Gasteiger partial charge is 0.482 e. The molecule has 0 aliphatic carbocycles. The molecule has 6 nitrogen and oxygen atoms in total. The minimum Gasteiger partial charge on any atom is -0.482 e. The second-order valence-corrected chi connectivity index (χ2v) is 5.21. The summed E-state index contributed by atoms with van der Waals surface area (Å²) in [5.41, 5.74) is 0.190. The van der Waals surface area contributed by atoms with Gasteiger partial charge in [-0.2, -0.15) is 0 Å². The number of aliphatic hydroxyl groups is 1. The van der Waals surface area contributed by atoms with Gasteiger partial charge in [0.1, 0.15) is 5.75 Å². The Morgan fingerprint density at radius 2 is 2.21 bits per heavy atom. The quantitative estimate of drug-likeness (QED) is 0.759. The third kappa shape index (κ3) is 2.15. The average molecular weight is 262 g/mol. The maximum absolute atomic E-state index is 12.1. The number of β-amino-alcohol motifs (C(OH)–C–C–N with tert-alkyl or cyclic N) is 1. The first-order valence-corrected chi connectivity index (χ1v) is 6.03. The Balaban J connectivity index is 1.81. The minimum absolute atomic E-state index is 0.00468. The lowest BCUT2D eigenvalue weighted by Gasteiger charge is -2.44. The van der Waals surface area contributed by atoms with E-state index in [0.717, 1.165) is 0 Å². The summed E-state index contributed by atoms with van der Waals surface area (Å²) in [7, 11) is 0. The van der Waals surface area contributed by atoms with Crippen LogP contribution < -0.4 is 10.1 Å². The molecule has 0 bridgehead atoms. The van der Waals surface area contributed by atoms with Crippen molar-refractivity contribution in [3.05, 3.63) is 23.8 Å². The number of nitrogens with zero attached hydrogens (tertiary/aromatic N) is 1. The standard InChI is InChI=1S/C13H14N2O4/c1-13(18)6-15(7-13)12(17)8-2-3-10-9(4-8)14-11(16)5-19-10/h2-4,18H,5-7H2,1H3,(H,14,16). The van der Waals surface area contributed by atoms with Crippen LogP contribution in [0.15, 0.2) is 18.2 Å². The van der Waals surface area contributed by atoms with Gasteiger partial charge in [-0.25, -0.2) is 0 Å². The van der Waals surface area contributed by atoms with E-state index in [4.69, 9.17) is 4.74 Å². The number of nitrogens with one attached hydrogen (secondary N) is 1. The first-order valence-electron chi connectivity index (χ1n) is 6.03. The molecule has 0 saturated carbocycles. The molecule has 1 fully saturated rings. The zero-order chi connectivity index (χ0) is 13.6. The highest BCUT2D eigenvalue weighted by molar-refractivity contribution is 6.00. The highest BCUT2D eigenvalue weighted by Crippen LogP contribution is 2.30. The number of rotatable bonds is 1. The van der Waals surface area contributed by atoms with Gasteiger partial charge >= 0.3 is 0 Å². The van der Waals surface area contributed by atoms with Gasteiger partial charge in [0.05, 0.1) is 24.4 Å². The molecule has 19 heavy (non-hydrogen) atoms. The Kier molecular flexibility index (Phi) is 2.50. The summed E-state index contributed by atoms with van der Waals surface area (Å²) in [5.74, 6) is 0.171. The van der Waals surface area contributed by atoms with Crippen LogP contribution in [0.3, 0.4) is 0 Å². The molecule has 2 heterocycles. The summed E-state index contributed by atoms with van der Waals surface area (Å²) in [6.07, 6.45) is 0. The van der Waals surface area contributed by atoms with Crippen molar-refractivity contribution in [3.8, 4) is 5.75 Å². The third-order valence-corrected chi connectivity index (χ3v) is 3.21. The normalized spacial score (nSPS) is 19.9. The fraction of sp³-hybridized carbons (Fsp3) is 0.385. The fourth-order valence-corrected chi connectivity index (χ4v) is 2.32. The number of fused-ring (bicyclic) bond motifs is 1. The number of likely N-dealkylation sites (tertiary alicyclic amines) is 1. The molecule has 1 aromatic rings. The van der Waals surface area contributed by atoms with Gasteiger partial charge in [-0.3, -0.25) is 9.59 Å². The predicted molar refractivity (Wildman–Crippen MR) is 67.1 cm³/mol. The summed E-state index contributed by atoms with van der Waals surface area (Å²) in [5, 5.41) is 12.3. The predicted octanol–water partition coefficient (Wildman–Crippen LogP) is 0.224. The molecule has 0 unspecified atom stereocenters. The van der Waals surface area contributed by atoms with Crippen LogP contribution in [0, 0.1) is 0 Å². The van der Waals surface area contributed by atoms with Crippen molar-refractivity contribution in [3.63, 3.8) is 0 Å². The summed E-state index contributed by atoms with van der Waals surface area (Å²) in [4.78, 5) is 24.9. The number of ether oxygens (including phenoxy) is 1. The molecule has 2 aliphatic heterocycles. The summed E-state index contributed by atoms with van der Waals surface area (Å²) in [6, 6.07) is 4.92. The zero-order valence-corrected chi connectivity index (χ0v) is 10.5. The van der Waals surface area contributed by atoms with E-state index >= 15 is 0 Å². The van der Waals surface area contributed by atoms with Gasteiger partial charge in [-0.05, 0) is 25.1 Å². The van der Waals surface area contributed by atoms with E-state index in [-0.39, 0.29) is 18.4 Å². The van der Waals surface area contributed by atoms with Gasteiger partial charge in [-0.15, -0.1) is 0 Å². The molecule has 0 aromatic heterocycles. The van der Waals surface area contributed by atoms with Crippen LogP contribution in [-0.4, -0.2) is 47.1 Å². The molecule has 2 N–H and O–H groups in total. The minimum atomic E-state index is -0.790. The Hall–Kier alpha value is -2.08. The molecular formula is C13H14N2O4. The first-order chi connectivity index (χ1) is 8.94. The molecule has 2 aliphatic rings. The highest BCUT2D eigenvalue weighted by Gasteiger charge is 2.39. The van der Waals surface area contributed by atoms with Crippen molar-refractivity contribution in [2.45, 2.75) is 12.5 Å². The van der Waals surface area contributed by atoms with Crippen LogP contribution in [-0.2, 0) is 4.79 Å². The molecular weight excluding hydrogens is 248 g/mol. The number of carbonyl (C=O) groups excluding carboxylic acids is 2. The van der Waals surface area contributed by atoms with Gasteiger partial charge < -0.3 is 20.1 Å². The second-order valence-electron chi connectivity index (χ2n) is 5.21. The van der Waals surface area contributed by atoms with E-state index in [1.165, 1.54) is 0 Å². The van der Waals surface area contributed by atoms with Crippen molar-refractivity contribution >= 4 is 17.5 Å². The van der Waals surface area contributed by atoms with Crippen molar-refractivity contribution in [1.82, 2.24) is 4.90 Å². The average Bonchev–Trinajstić information content (AvgIpc) is 2.34. The first kappa shape index (κ1) is 12.0. The van der Waals surface area contributed by atoms with Gasteiger partial charge in [0.15, 0.2) is 6.61 Å². The van der Waals surface area contributed by atoms with Gasteiger partial charge in [-0.1, -0.05) is 0 Å². The number of benzene rings is 1. The van der Waals surface area contributed by atoms with Crippen LogP contribution in [0.4, 0.5) is 5.69 Å². The van der Waals surface area contributed by atoms with Gasteiger partial charge in [0, 0.05) is 5.56 Å². The smallest absolute Gasteiger partial charge is 0.262 e. The lowest BCUT2D eigenvalue weighted by Crippen LogP contribution is -2.61. The Labute approximate surface area is 110 Å². The van der Waals surface area contributed by atoms with E-state index in [0.29, 0.717) is 30.1 Å². The Morgan fingerprint density at radius 1 is 1.47 bits per heavy atom. The molecule has 3 rings (SSSR count). The molecule has 0 atom stereocenters. The zero-order valence-electron chi connectivity index (χ0n) is 10.5. The van der Waals surface area contributed by atoms with Crippen molar-refractivity contribution in [2.75, 3.05) is 25.0 Å². The van der Waals surface area contributed by atoms with Gasteiger partial charge in [0.2, 0.25) is 0 Å². The molecule has 2 amide bonds. The van der Waals surface area contributed by atoms with Crippen molar-refractivity contribution in [2.24, 2.45) is 0 Å². The molecule has 1 saturated heterocycles. The molecule has 0 radical (unpaired) electrons. The van der Waals surface area contributed by atoms with Crippen LogP contribution in [0.25, 0.3) is 0 Å². The Morgan fingerprint density at radius 3 is 2.89 bits per heavy atom. The van der Waals surface area contributed by atoms with E-state index < -0.39 is 5.60 Å². The second kappa shape index (κ2) is 3.96. The monoisotopic (exact) mass is 262 g/mol. The number of anilines is 1. The third-order valence-electron chi connectivity index (χ3n) is 3.21. The lowest BCUT2D eigenvalue weighted by molar-refractivity contribution is -0.118. The van der Waals surface area contributed by atoms with Crippen LogP contribution in [0.5, 0.6) is 5.75 Å². The number of hydrogen-bond acceptors (Lipinski definition) is 4. The maximum Gasteiger partial charge on any atom is 0.262 e. The van der Waals surface area contributed by atoms with Crippen LogP contribution in [0.1, 0.15) is 17.3 Å². The van der Waals surface area contributed by atoms with Crippen LogP contribution in [0.2, 0.25) is 0 Å². The molecule has 100 valence electrons. The maximum atomic E-state index is 12.1. The lowest BCUT2D eigenvalue weighted by atomic mass is 9.96. The van der Waals surface area contributed by atoms with Crippen LogP contribution >= 0.6 is 0 Å². The van der Waals surface area contributed by atoms with Crippen molar-refractivity contribution in [1.29, 1.82) is 0 Å². The van der Waals surface area contributed by atoms with E-state index in [1.807, 2.05) is 0 Å². The van der Waals surface area contributed by atoms with E-state index in [1.54, 1.807) is 30.0 Å². The van der Waals surface area contributed by atoms with Crippen molar-refractivity contribution < 1.29 is 19.4 Å². The number of amides is 2. The summed E-state index contributed by atoms with van der Waals surface area (Å²) < 4.78 is 5.23. The SMILES string of the molecule is CC1(O)CN(C(=O)c2ccc3c(c2)NC(=O)CO3)C1. The highest BCUT2D eigenvalue weighted by atomic mass is 16.5. The topological polar surface area (TPSA) is 78.9 Å². The summed E-state index contributed by atoms with van der Waals surface area (Å²) >= 11 is 0. The van der Waals surface area contributed by atoms with E-state index in [9.17, 15) is 14.7 Å². The summed E-state index contributed by atoms with van der Waals surface area (Å²) in [6.45, 7) is 2.34. The van der Waals surface area contributed by atoms with E-state index in [2.05, 4.69) is 5.32 Å². The number of carbonyl (C=O) groups is 2. The fourth-order valence-electron chi connectivity index (χ4n) is 2.32. The molecule has 6 heteroatoms.